The molecule has 124 valence electrons. The van der Waals surface area contributed by atoms with Crippen LogP contribution in [0.15, 0.2) is 22.6 Å². The highest BCUT2D eigenvalue weighted by atomic mass is 32.1. The van der Waals surface area contributed by atoms with E-state index < -0.39 is 11.9 Å². The Morgan fingerprint density at radius 1 is 1.22 bits per heavy atom. The van der Waals surface area contributed by atoms with Crippen LogP contribution in [-0.2, 0) is 4.79 Å². The normalized spacial score (nSPS) is 10.8. The zero-order valence-corrected chi connectivity index (χ0v) is 13.5. The zero-order valence-electron chi connectivity index (χ0n) is 12.7. The largest absolute Gasteiger partial charge is 0.481 e. The van der Waals surface area contributed by atoms with Crippen molar-refractivity contribution >= 4 is 28.2 Å². The average molecular weight is 337 g/mol. The third-order valence-corrected chi connectivity index (χ3v) is 4.21. The van der Waals surface area contributed by atoms with E-state index in [0.29, 0.717) is 17.9 Å². The number of thiazole rings is 1. The van der Waals surface area contributed by atoms with Gasteiger partial charge in [0.15, 0.2) is 4.96 Å². The minimum atomic E-state index is -0.764. The van der Waals surface area contributed by atoms with Crippen LogP contribution >= 0.6 is 11.3 Å². The third-order valence-electron chi connectivity index (χ3n) is 3.44. The minimum absolute atomic E-state index is 0.0439. The third kappa shape index (κ3) is 4.88. The van der Waals surface area contributed by atoms with Gasteiger partial charge in [-0.3, -0.25) is 18.8 Å². The number of rotatable bonds is 9. The molecule has 0 saturated carbocycles. The lowest BCUT2D eigenvalue weighted by Gasteiger charge is -2.05. The van der Waals surface area contributed by atoms with Crippen molar-refractivity contribution in [3.05, 3.63) is 33.7 Å². The summed E-state index contributed by atoms with van der Waals surface area (Å²) in [6.45, 7) is 0.490. The van der Waals surface area contributed by atoms with Gasteiger partial charge in [-0.05, 0) is 12.8 Å². The number of fused-ring (bicyclic) bond motifs is 1. The Labute approximate surface area is 137 Å². The van der Waals surface area contributed by atoms with Gasteiger partial charge in [0.05, 0.1) is 0 Å². The van der Waals surface area contributed by atoms with Gasteiger partial charge in [-0.1, -0.05) is 19.3 Å². The number of carbonyl (C=O) groups excluding carboxylic acids is 1. The molecule has 0 fully saturated rings. The number of carboxylic acid groups (broad SMARTS) is 1. The average Bonchev–Trinajstić information content (AvgIpc) is 2.99. The maximum atomic E-state index is 12.1. The molecular formula is C15H19N3O4S. The van der Waals surface area contributed by atoms with Gasteiger partial charge in [0.1, 0.15) is 5.56 Å². The SMILES string of the molecule is O=C(O)CCCCCCCNC(=O)c1cnc2sccn2c1=O. The predicted molar refractivity (Wildman–Crippen MR) is 87.0 cm³/mol. The summed E-state index contributed by atoms with van der Waals surface area (Å²) >= 11 is 1.34. The van der Waals surface area contributed by atoms with Crippen molar-refractivity contribution in [2.24, 2.45) is 0 Å². The van der Waals surface area contributed by atoms with E-state index >= 15 is 0 Å². The molecule has 23 heavy (non-hydrogen) atoms. The molecule has 2 rings (SSSR count). The molecule has 1 amide bonds. The quantitative estimate of drug-likeness (QED) is 0.681. The predicted octanol–water partition coefficient (Wildman–Crippen LogP) is 1.91. The van der Waals surface area contributed by atoms with Gasteiger partial charge in [-0.25, -0.2) is 4.98 Å². The Balaban J connectivity index is 1.71. The molecule has 0 aliphatic carbocycles. The fourth-order valence-corrected chi connectivity index (χ4v) is 2.88. The summed E-state index contributed by atoms with van der Waals surface area (Å²) in [6, 6.07) is 0. The van der Waals surface area contributed by atoms with Gasteiger partial charge in [0.25, 0.3) is 11.5 Å². The molecule has 0 aliphatic rings. The van der Waals surface area contributed by atoms with Gasteiger partial charge in [-0.2, -0.15) is 0 Å². The van der Waals surface area contributed by atoms with E-state index in [1.54, 1.807) is 11.6 Å². The van der Waals surface area contributed by atoms with E-state index in [9.17, 15) is 14.4 Å². The summed E-state index contributed by atoms with van der Waals surface area (Å²) in [5.41, 5.74) is -0.315. The maximum absolute atomic E-state index is 12.1. The highest BCUT2D eigenvalue weighted by Gasteiger charge is 2.12. The second-order valence-corrected chi connectivity index (χ2v) is 6.07. The van der Waals surface area contributed by atoms with Gasteiger partial charge in [-0.15, -0.1) is 11.3 Å². The minimum Gasteiger partial charge on any atom is -0.481 e. The smallest absolute Gasteiger partial charge is 0.303 e. The molecule has 0 spiro atoms. The van der Waals surface area contributed by atoms with Crippen LogP contribution < -0.4 is 10.9 Å². The first kappa shape index (κ1) is 17.1. The fraction of sp³-hybridized carbons (Fsp3) is 0.467. The number of nitrogens with zero attached hydrogens (tertiary/aromatic N) is 2. The summed E-state index contributed by atoms with van der Waals surface area (Å²) in [5.74, 6) is -1.17. The van der Waals surface area contributed by atoms with Crippen molar-refractivity contribution in [3.8, 4) is 0 Å². The molecule has 0 bridgehead atoms. The number of aliphatic carboxylic acids is 1. The molecule has 0 radical (unpaired) electrons. The highest BCUT2D eigenvalue weighted by molar-refractivity contribution is 7.15. The number of carbonyl (C=O) groups is 2. The van der Waals surface area contributed by atoms with Gasteiger partial charge < -0.3 is 10.4 Å². The summed E-state index contributed by atoms with van der Waals surface area (Å²) in [4.78, 5) is 39.1. The molecule has 2 N–H and O–H groups in total. The lowest BCUT2D eigenvalue weighted by atomic mass is 10.1. The summed E-state index contributed by atoms with van der Waals surface area (Å²) in [7, 11) is 0. The van der Waals surface area contributed by atoms with Gasteiger partial charge >= 0.3 is 5.97 Å². The molecule has 2 heterocycles. The summed E-state index contributed by atoms with van der Waals surface area (Å²) in [6.07, 6.45) is 7.34. The molecular weight excluding hydrogens is 318 g/mol. The van der Waals surface area contributed by atoms with E-state index in [1.807, 2.05) is 0 Å². The Bertz CT molecular complexity index is 738. The fourth-order valence-electron chi connectivity index (χ4n) is 2.21. The first-order valence-electron chi connectivity index (χ1n) is 7.54. The molecule has 0 atom stereocenters. The Hall–Kier alpha value is -2.22. The molecule has 8 heteroatoms. The van der Waals surface area contributed by atoms with Gasteiger partial charge in [0.2, 0.25) is 0 Å². The number of unbranched alkanes of at least 4 members (excludes halogenated alkanes) is 4. The lowest BCUT2D eigenvalue weighted by molar-refractivity contribution is -0.137. The van der Waals surface area contributed by atoms with Gasteiger partial charge in [0, 0.05) is 30.7 Å². The van der Waals surface area contributed by atoms with E-state index in [4.69, 9.17) is 5.11 Å². The summed E-state index contributed by atoms with van der Waals surface area (Å²) in [5, 5.41) is 13.0. The van der Waals surface area contributed by atoms with Crippen LogP contribution in [0.3, 0.4) is 0 Å². The molecule has 7 nitrogen and oxygen atoms in total. The monoisotopic (exact) mass is 337 g/mol. The Kier molecular flexibility index (Phi) is 6.28. The van der Waals surface area contributed by atoms with Crippen LogP contribution in [0.25, 0.3) is 4.96 Å². The van der Waals surface area contributed by atoms with Crippen molar-refractivity contribution in [3.63, 3.8) is 0 Å². The Morgan fingerprint density at radius 2 is 1.96 bits per heavy atom. The molecule has 0 aliphatic heterocycles. The van der Waals surface area contributed by atoms with Crippen molar-refractivity contribution < 1.29 is 14.7 Å². The zero-order chi connectivity index (χ0) is 16.7. The van der Waals surface area contributed by atoms with E-state index in [1.165, 1.54) is 21.9 Å². The molecule has 0 unspecified atom stereocenters. The summed E-state index contributed by atoms with van der Waals surface area (Å²) < 4.78 is 1.36. The number of aromatic nitrogens is 2. The topological polar surface area (TPSA) is 101 Å². The molecule has 2 aromatic rings. The van der Waals surface area contributed by atoms with E-state index in [-0.39, 0.29) is 17.5 Å². The molecule has 0 aromatic carbocycles. The molecule has 0 saturated heterocycles. The Morgan fingerprint density at radius 3 is 2.74 bits per heavy atom. The van der Waals surface area contributed by atoms with Crippen LogP contribution in [-0.4, -0.2) is 32.9 Å². The number of hydrogen-bond donors (Lipinski definition) is 2. The van der Waals surface area contributed by atoms with Crippen LogP contribution in [0.5, 0.6) is 0 Å². The first-order chi connectivity index (χ1) is 11.1. The van der Waals surface area contributed by atoms with Crippen molar-refractivity contribution in [1.29, 1.82) is 0 Å². The lowest BCUT2D eigenvalue weighted by Crippen LogP contribution is -2.31. The van der Waals surface area contributed by atoms with Crippen molar-refractivity contribution in [2.45, 2.75) is 38.5 Å². The maximum Gasteiger partial charge on any atom is 0.303 e. The van der Waals surface area contributed by atoms with Crippen molar-refractivity contribution in [2.75, 3.05) is 6.54 Å². The standard InChI is InChI=1S/C15H19N3O4S/c19-12(20)6-4-2-1-3-5-7-16-13(21)11-10-17-15-18(14(11)22)8-9-23-15/h8-10H,1-7H2,(H,16,21)(H,19,20). The van der Waals surface area contributed by atoms with E-state index in [2.05, 4.69) is 10.3 Å². The number of carboxylic acids is 1. The highest BCUT2D eigenvalue weighted by Crippen LogP contribution is 2.06. The number of amides is 1. The molecule has 2 aromatic heterocycles. The number of hydrogen-bond acceptors (Lipinski definition) is 5. The second-order valence-electron chi connectivity index (χ2n) is 5.20. The van der Waals surface area contributed by atoms with Crippen LogP contribution in [0.1, 0.15) is 48.9 Å². The second kappa shape index (κ2) is 8.42. The van der Waals surface area contributed by atoms with Crippen LogP contribution in [0.4, 0.5) is 0 Å². The first-order valence-corrected chi connectivity index (χ1v) is 8.42. The van der Waals surface area contributed by atoms with Crippen LogP contribution in [0, 0.1) is 0 Å². The van der Waals surface area contributed by atoms with Crippen molar-refractivity contribution in [1.82, 2.24) is 14.7 Å². The van der Waals surface area contributed by atoms with E-state index in [0.717, 1.165) is 25.7 Å². The number of nitrogens with one attached hydrogen (secondary N) is 1. The van der Waals surface area contributed by atoms with Crippen LogP contribution in [0.2, 0.25) is 0 Å².